The Hall–Kier alpha value is -2.64. The Morgan fingerprint density at radius 2 is 1.76 bits per heavy atom. The van der Waals surface area contributed by atoms with Crippen LogP contribution in [0.5, 0.6) is 10.8 Å². The van der Waals surface area contributed by atoms with E-state index in [9.17, 15) is 9.59 Å². The van der Waals surface area contributed by atoms with Crippen molar-refractivity contribution in [3.8, 4) is 10.8 Å². The van der Waals surface area contributed by atoms with Crippen LogP contribution in [0.25, 0.3) is 0 Å². The molecule has 1 aromatic heterocycles. The Morgan fingerprint density at radius 3 is 2.48 bits per heavy atom. The van der Waals surface area contributed by atoms with Gasteiger partial charge in [-0.05, 0) is 61.8 Å². The Morgan fingerprint density at radius 1 is 1.00 bits per heavy atom. The number of thioether (sulfide) groups is 1. The first kappa shape index (κ1) is 25.0. The van der Waals surface area contributed by atoms with Gasteiger partial charge in [-0.2, -0.15) is 0 Å². The normalized spacial score (nSPS) is 10.7. The van der Waals surface area contributed by atoms with Gasteiger partial charge in [0.25, 0.3) is 0 Å². The molecule has 0 amide bonds. The summed E-state index contributed by atoms with van der Waals surface area (Å²) in [5.74, 6) is 1.14. The number of benzene rings is 2. The molecule has 0 saturated heterocycles. The molecule has 3 aromatic rings. The summed E-state index contributed by atoms with van der Waals surface area (Å²) in [4.78, 5) is 29.3. The monoisotopic (exact) mass is 483 g/mol. The van der Waals surface area contributed by atoms with E-state index in [-0.39, 0.29) is 29.8 Å². The molecule has 3 rings (SSSR count). The van der Waals surface area contributed by atoms with Crippen LogP contribution in [0.4, 0.5) is 0 Å². The van der Waals surface area contributed by atoms with Gasteiger partial charge in [-0.15, -0.1) is 11.8 Å². The SMILES string of the molecule is CCC(=O)Oc1sc(C(=O)COc2ccc(SCCCCCc3ccccc3)cc2)nc1C. The molecule has 0 saturated carbocycles. The quantitative estimate of drug-likeness (QED) is 0.119. The highest BCUT2D eigenvalue weighted by atomic mass is 32.2. The van der Waals surface area contributed by atoms with Crippen molar-refractivity contribution < 1.29 is 19.1 Å². The number of thiazole rings is 1. The minimum atomic E-state index is -0.345. The molecule has 0 aliphatic carbocycles. The van der Waals surface area contributed by atoms with Gasteiger partial charge in [0.05, 0.1) is 5.69 Å². The third kappa shape index (κ3) is 8.33. The fourth-order valence-corrected chi connectivity index (χ4v) is 4.83. The number of rotatable bonds is 13. The molecule has 0 aliphatic rings. The summed E-state index contributed by atoms with van der Waals surface area (Å²) >= 11 is 2.91. The molecule has 0 N–H and O–H groups in total. The average molecular weight is 484 g/mol. The molecule has 0 spiro atoms. The fourth-order valence-electron chi connectivity index (χ4n) is 3.06. The van der Waals surface area contributed by atoms with Crippen LogP contribution >= 0.6 is 23.1 Å². The first-order valence-corrected chi connectivity index (χ1v) is 13.0. The largest absolute Gasteiger partial charge is 0.485 e. The zero-order valence-corrected chi connectivity index (χ0v) is 20.7. The lowest BCUT2D eigenvalue weighted by Crippen LogP contribution is -2.11. The maximum Gasteiger partial charge on any atom is 0.311 e. The van der Waals surface area contributed by atoms with E-state index in [2.05, 4.69) is 35.3 Å². The zero-order chi connectivity index (χ0) is 23.5. The third-order valence-corrected chi connectivity index (χ3v) is 7.08. The molecule has 2 aromatic carbocycles. The van der Waals surface area contributed by atoms with E-state index in [0.29, 0.717) is 16.5 Å². The van der Waals surface area contributed by atoms with Gasteiger partial charge < -0.3 is 9.47 Å². The van der Waals surface area contributed by atoms with Crippen LogP contribution in [0.1, 0.15) is 53.7 Å². The van der Waals surface area contributed by atoms with Gasteiger partial charge in [0, 0.05) is 11.3 Å². The van der Waals surface area contributed by atoms with Crippen molar-refractivity contribution in [2.75, 3.05) is 12.4 Å². The lowest BCUT2D eigenvalue weighted by atomic mass is 10.1. The van der Waals surface area contributed by atoms with E-state index < -0.39 is 0 Å². The summed E-state index contributed by atoms with van der Waals surface area (Å²) in [6.45, 7) is 3.32. The molecular weight excluding hydrogens is 454 g/mol. The summed E-state index contributed by atoms with van der Waals surface area (Å²) in [6.07, 6.45) is 5.04. The van der Waals surface area contributed by atoms with Crippen molar-refractivity contribution in [3.63, 3.8) is 0 Å². The molecule has 0 radical (unpaired) electrons. The van der Waals surface area contributed by atoms with E-state index >= 15 is 0 Å². The Bertz CT molecular complexity index is 1030. The second-order valence-electron chi connectivity index (χ2n) is 7.55. The number of carbonyl (C=O) groups excluding carboxylic acids is 2. The number of nitrogens with zero attached hydrogens (tertiary/aromatic N) is 1. The number of ether oxygens (including phenoxy) is 2. The third-order valence-electron chi connectivity index (χ3n) is 4.90. The Balaban J connectivity index is 1.36. The molecule has 0 fully saturated rings. The lowest BCUT2D eigenvalue weighted by Gasteiger charge is -2.06. The summed E-state index contributed by atoms with van der Waals surface area (Å²) in [5.41, 5.74) is 1.94. The van der Waals surface area contributed by atoms with E-state index in [0.717, 1.165) is 23.5 Å². The number of ketones is 1. The molecule has 0 atom stereocenters. The average Bonchev–Trinajstić information content (AvgIpc) is 3.21. The standard InChI is InChI=1S/C26H29NO4S2/c1-3-24(29)31-26-19(2)27-25(33-26)23(28)18-30-21-13-15-22(16-14-21)32-17-9-5-8-12-20-10-6-4-7-11-20/h4,6-7,10-11,13-16H,3,5,8-9,12,17-18H2,1-2H3. The van der Waals surface area contributed by atoms with Gasteiger partial charge in [0.1, 0.15) is 5.75 Å². The fraction of sp³-hybridized carbons (Fsp3) is 0.346. The number of aryl methyl sites for hydroxylation is 2. The second kappa shape index (κ2) is 13.2. The highest BCUT2D eigenvalue weighted by molar-refractivity contribution is 7.99. The van der Waals surface area contributed by atoms with Crippen LogP contribution in [-0.2, 0) is 11.2 Å². The van der Waals surface area contributed by atoms with Crippen molar-refractivity contribution in [1.82, 2.24) is 4.98 Å². The molecule has 33 heavy (non-hydrogen) atoms. The van der Waals surface area contributed by atoms with Crippen LogP contribution in [0.2, 0.25) is 0 Å². The van der Waals surface area contributed by atoms with Crippen molar-refractivity contribution in [3.05, 3.63) is 70.9 Å². The Kier molecular flexibility index (Phi) is 9.97. The van der Waals surface area contributed by atoms with Crippen molar-refractivity contribution in [2.24, 2.45) is 0 Å². The lowest BCUT2D eigenvalue weighted by molar-refractivity contribution is -0.133. The highest BCUT2D eigenvalue weighted by Crippen LogP contribution is 2.28. The van der Waals surface area contributed by atoms with E-state index in [1.54, 1.807) is 13.8 Å². The van der Waals surface area contributed by atoms with Gasteiger partial charge >= 0.3 is 5.97 Å². The van der Waals surface area contributed by atoms with E-state index in [1.165, 1.54) is 29.7 Å². The van der Waals surface area contributed by atoms with Crippen LogP contribution < -0.4 is 9.47 Å². The van der Waals surface area contributed by atoms with Crippen LogP contribution in [-0.4, -0.2) is 29.1 Å². The number of esters is 1. The predicted molar refractivity (Wildman–Crippen MR) is 134 cm³/mol. The van der Waals surface area contributed by atoms with Gasteiger partial charge in [0.2, 0.25) is 10.8 Å². The minimum absolute atomic E-state index is 0.109. The minimum Gasteiger partial charge on any atom is -0.485 e. The summed E-state index contributed by atoms with van der Waals surface area (Å²) in [5, 5.41) is 0.650. The first-order chi connectivity index (χ1) is 16.0. The molecule has 174 valence electrons. The van der Waals surface area contributed by atoms with Crippen LogP contribution in [0, 0.1) is 6.92 Å². The summed E-state index contributed by atoms with van der Waals surface area (Å²) in [6, 6.07) is 18.4. The maximum atomic E-state index is 12.4. The molecule has 1 heterocycles. The topological polar surface area (TPSA) is 65.5 Å². The van der Waals surface area contributed by atoms with Crippen molar-refractivity contribution in [2.45, 2.75) is 50.8 Å². The number of unbranched alkanes of at least 4 members (excludes halogenated alkanes) is 2. The van der Waals surface area contributed by atoms with Gasteiger partial charge in [0.15, 0.2) is 11.6 Å². The first-order valence-electron chi connectivity index (χ1n) is 11.2. The van der Waals surface area contributed by atoms with Crippen LogP contribution in [0.15, 0.2) is 59.5 Å². The number of aromatic nitrogens is 1. The van der Waals surface area contributed by atoms with Crippen molar-refractivity contribution >= 4 is 34.9 Å². The number of hydrogen-bond acceptors (Lipinski definition) is 7. The maximum absolute atomic E-state index is 12.4. The smallest absolute Gasteiger partial charge is 0.311 e. The van der Waals surface area contributed by atoms with Crippen molar-refractivity contribution in [1.29, 1.82) is 0 Å². The molecule has 0 bridgehead atoms. The Labute approximate surface area is 203 Å². The summed E-state index contributed by atoms with van der Waals surface area (Å²) in [7, 11) is 0. The number of Topliss-reactive ketones (excluding diaryl/α,β-unsaturated/α-hetero) is 1. The molecule has 7 heteroatoms. The molecule has 0 aliphatic heterocycles. The zero-order valence-electron chi connectivity index (χ0n) is 19.0. The molecule has 5 nitrogen and oxygen atoms in total. The predicted octanol–water partition coefficient (Wildman–Crippen LogP) is 6.53. The van der Waals surface area contributed by atoms with Gasteiger partial charge in [-0.25, -0.2) is 4.98 Å². The second-order valence-corrected chi connectivity index (χ2v) is 9.68. The van der Waals surface area contributed by atoms with Gasteiger partial charge in [-0.1, -0.05) is 55.0 Å². The van der Waals surface area contributed by atoms with E-state index in [1.807, 2.05) is 36.0 Å². The van der Waals surface area contributed by atoms with Crippen LogP contribution in [0.3, 0.4) is 0 Å². The molecular formula is C26H29NO4S2. The number of carbonyl (C=O) groups is 2. The molecule has 0 unspecified atom stereocenters. The number of hydrogen-bond donors (Lipinski definition) is 0. The van der Waals surface area contributed by atoms with E-state index in [4.69, 9.17) is 9.47 Å². The summed E-state index contributed by atoms with van der Waals surface area (Å²) < 4.78 is 10.8. The van der Waals surface area contributed by atoms with Gasteiger partial charge in [-0.3, -0.25) is 9.59 Å². The highest BCUT2D eigenvalue weighted by Gasteiger charge is 2.17.